The van der Waals surface area contributed by atoms with E-state index in [2.05, 4.69) is 27.3 Å². The molecule has 0 saturated carbocycles. The minimum atomic E-state index is -0.401. The molecule has 3 rings (SSSR count). The minimum Gasteiger partial charge on any atom is -0.493 e. The van der Waals surface area contributed by atoms with E-state index < -0.39 is 4.92 Å². The number of nitro groups is 1. The highest BCUT2D eigenvalue weighted by Gasteiger charge is 2.13. The smallest absolute Gasteiger partial charge is 0.285 e. The number of benzene rings is 2. The molecule has 0 atom stereocenters. The van der Waals surface area contributed by atoms with Crippen molar-refractivity contribution >= 4 is 27.3 Å². The van der Waals surface area contributed by atoms with E-state index in [0.717, 1.165) is 30.0 Å². The monoisotopic (exact) mass is 348 g/mol. The number of hydrogen-bond acceptors (Lipinski definition) is 4. The van der Waals surface area contributed by atoms with Crippen molar-refractivity contribution in [1.29, 1.82) is 0 Å². The first-order valence-electron chi connectivity index (χ1n) is 6.56. The van der Waals surface area contributed by atoms with Crippen LogP contribution in [0.25, 0.3) is 0 Å². The van der Waals surface area contributed by atoms with E-state index in [9.17, 15) is 10.1 Å². The molecular formula is C15H13BrN2O3. The molecular weight excluding hydrogens is 336 g/mol. The van der Waals surface area contributed by atoms with Crippen molar-refractivity contribution in [2.75, 3.05) is 11.9 Å². The lowest BCUT2D eigenvalue weighted by atomic mass is 10.1. The topological polar surface area (TPSA) is 64.4 Å². The van der Waals surface area contributed by atoms with E-state index in [0.29, 0.717) is 11.0 Å². The zero-order chi connectivity index (χ0) is 14.8. The van der Waals surface area contributed by atoms with Gasteiger partial charge in [-0.1, -0.05) is 12.1 Å². The summed E-state index contributed by atoms with van der Waals surface area (Å²) in [6, 6.07) is 11.1. The van der Waals surface area contributed by atoms with Crippen LogP contribution in [0.1, 0.15) is 11.1 Å². The summed E-state index contributed by atoms with van der Waals surface area (Å²) >= 11 is 3.18. The highest BCUT2D eigenvalue weighted by atomic mass is 79.9. The van der Waals surface area contributed by atoms with Crippen molar-refractivity contribution in [3.8, 4) is 5.75 Å². The number of nitrogens with zero attached hydrogens (tertiary/aromatic N) is 1. The fourth-order valence-electron chi connectivity index (χ4n) is 2.32. The molecule has 0 unspecified atom stereocenters. The molecule has 6 heteroatoms. The number of anilines is 1. The fourth-order valence-corrected chi connectivity index (χ4v) is 2.71. The summed E-state index contributed by atoms with van der Waals surface area (Å²) in [4.78, 5) is 10.5. The predicted octanol–water partition coefficient (Wildman–Crippen LogP) is 3.90. The molecule has 0 fully saturated rings. The molecule has 1 aliphatic heterocycles. The average molecular weight is 349 g/mol. The third-order valence-electron chi connectivity index (χ3n) is 3.39. The van der Waals surface area contributed by atoms with Crippen molar-refractivity contribution in [3.63, 3.8) is 0 Å². The summed E-state index contributed by atoms with van der Waals surface area (Å²) in [5, 5.41) is 14.1. The van der Waals surface area contributed by atoms with Crippen molar-refractivity contribution < 1.29 is 9.66 Å². The van der Waals surface area contributed by atoms with Crippen LogP contribution in [-0.2, 0) is 13.0 Å². The molecule has 0 aliphatic carbocycles. The van der Waals surface area contributed by atoms with Crippen LogP contribution < -0.4 is 10.1 Å². The SMILES string of the molecule is O=[N+]([O-])c1cc(NCc2ccc3c(c2)CCO3)ccc1Br. The van der Waals surface area contributed by atoms with Crippen molar-refractivity contribution in [2.45, 2.75) is 13.0 Å². The lowest BCUT2D eigenvalue weighted by Gasteiger charge is -2.08. The van der Waals surface area contributed by atoms with E-state index in [1.807, 2.05) is 18.2 Å². The van der Waals surface area contributed by atoms with E-state index in [4.69, 9.17) is 4.74 Å². The zero-order valence-corrected chi connectivity index (χ0v) is 12.7. The van der Waals surface area contributed by atoms with Gasteiger partial charge in [0.05, 0.1) is 16.0 Å². The molecule has 0 radical (unpaired) electrons. The van der Waals surface area contributed by atoms with Gasteiger partial charge in [0.25, 0.3) is 5.69 Å². The lowest BCUT2D eigenvalue weighted by molar-refractivity contribution is -0.385. The zero-order valence-electron chi connectivity index (χ0n) is 11.1. The molecule has 0 amide bonds. The molecule has 2 aromatic rings. The Bertz CT molecular complexity index is 703. The van der Waals surface area contributed by atoms with Crippen molar-refractivity contribution in [1.82, 2.24) is 0 Å². The Morgan fingerprint density at radius 1 is 1.29 bits per heavy atom. The highest BCUT2D eigenvalue weighted by Crippen LogP contribution is 2.29. The molecule has 1 N–H and O–H groups in total. The van der Waals surface area contributed by atoms with Crippen molar-refractivity contribution in [3.05, 3.63) is 62.1 Å². The molecule has 0 bridgehead atoms. The second-order valence-electron chi connectivity index (χ2n) is 4.82. The Labute approximate surface area is 130 Å². The molecule has 0 saturated heterocycles. The first kappa shape index (κ1) is 13.9. The lowest BCUT2D eigenvalue weighted by Crippen LogP contribution is -2.00. The molecule has 0 aromatic heterocycles. The van der Waals surface area contributed by atoms with Crippen LogP contribution in [0, 0.1) is 10.1 Å². The Kier molecular flexibility index (Phi) is 3.79. The number of nitro benzene ring substituents is 1. The first-order valence-corrected chi connectivity index (χ1v) is 7.35. The van der Waals surface area contributed by atoms with E-state index in [1.165, 1.54) is 11.6 Å². The van der Waals surface area contributed by atoms with Crippen LogP contribution in [0.15, 0.2) is 40.9 Å². The molecule has 1 aliphatic rings. The number of ether oxygens (including phenoxy) is 1. The Morgan fingerprint density at radius 2 is 2.14 bits per heavy atom. The van der Waals surface area contributed by atoms with E-state index in [-0.39, 0.29) is 5.69 Å². The maximum absolute atomic E-state index is 10.9. The van der Waals surface area contributed by atoms with Gasteiger partial charge in [0.2, 0.25) is 0 Å². The summed E-state index contributed by atoms with van der Waals surface area (Å²) in [7, 11) is 0. The molecule has 2 aromatic carbocycles. The molecule has 5 nitrogen and oxygen atoms in total. The van der Waals surface area contributed by atoms with Crippen LogP contribution in [0.2, 0.25) is 0 Å². The normalized spacial score (nSPS) is 12.6. The van der Waals surface area contributed by atoms with Gasteiger partial charge in [-0.2, -0.15) is 0 Å². The van der Waals surface area contributed by atoms with Gasteiger partial charge in [-0.25, -0.2) is 0 Å². The molecule has 1 heterocycles. The third-order valence-corrected chi connectivity index (χ3v) is 4.06. The summed E-state index contributed by atoms with van der Waals surface area (Å²) in [6.45, 7) is 1.36. The number of nitrogens with one attached hydrogen (secondary N) is 1. The third kappa shape index (κ3) is 3.00. The Balaban J connectivity index is 1.73. The van der Waals surface area contributed by atoms with Crippen LogP contribution in [0.4, 0.5) is 11.4 Å². The maximum atomic E-state index is 10.9. The summed E-state index contributed by atoms with van der Waals surface area (Å²) in [5.41, 5.74) is 3.13. The molecule has 21 heavy (non-hydrogen) atoms. The van der Waals surface area contributed by atoms with E-state index >= 15 is 0 Å². The highest BCUT2D eigenvalue weighted by molar-refractivity contribution is 9.10. The van der Waals surface area contributed by atoms with Gasteiger partial charge >= 0.3 is 0 Å². The van der Waals surface area contributed by atoms with Crippen LogP contribution >= 0.6 is 15.9 Å². The summed E-state index contributed by atoms with van der Waals surface area (Å²) < 4.78 is 5.95. The fraction of sp³-hybridized carbons (Fsp3) is 0.200. The maximum Gasteiger partial charge on any atom is 0.285 e. The first-order chi connectivity index (χ1) is 10.1. The van der Waals surface area contributed by atoms with Crippen LogP contribution in [-0.4, -0.2) is 11.5 Å². The van der Waals surface area contributed by atoms with Crippen LogP contribution in [0.3, 0.4) is 0 Å². The number of fused-ring (bicyclic) bond motifs is 1. The standard InChI is InChI=1S/C15H13BrN2O3/c16-13-3-2-12(8-14(13)18(19)20)17-9-10-1-4-15-11(7-10)5-6-21-15/h1-4,7-8,17H,5-6,9H2. The van der Waals surface area contributed by atoms with Gasteiger partial charge in [-0.15, -0.1) is 0 Å². The number of halogens is 1. The van der Waals surface area contributed by atoms with Gasteiger partial charge in [0.15, 0.2) is 0 Å². The predicted molar refractivity (Wildman–Crippen MR) is 83.8 cm³/mol. The molecule has 0 spiro atoms. The van der Waals surface area contributed by atoms with Gasteiger partial charge in [0, 0.05) is 24.7 Å². The van der Waals surface area contributed by atoms with Gasteiger partial charge in [-0.3, -0.25) is 10.1 Å². The van der Waals surface area contributed by atoms with Gasteiger partial charge < -0.3 is 10.1 Å². The largest absolute Gasteiger partial charge is 0.493 e. The summed E-state index contributed by atoms with van der Waals surface area (Å²) in [5.74, 6) is 0.957. The Morgan fingerprint density at radius 3 is 2.95 bits per heavy atom. The minimum absolute atomic E-state index is 0.0577. The van der Waals surface area contributed by atoms with Gasteiger partial charge in [-0.05, 0) is 45.3 Å². The number of rotatable bonds is 4. The Hall–Kier alpha value is -2.08. The number of hydrogen-bond donors (Lipinski definition) is 1. The molecule has 108 valence electrons. The van der Waals surface area contributed by atoms with Crippen LogP contribution in [0.5, 0.6) is 5.75 Å². The second-order valence-corrected chi connectivity index (χ2v) is 5.67. The summed E-state index contributed by atoms with van der Waals surface area (Å²) in [6.07, 6.45) is 0.937. The van der Waals surface area contributed by atoms with E-state index in [1.54, 1.807) is 6.07 Å². The second kappa shape index (κ2) is 5.73. The van der Waals surface area contributed by atoms with Gasteiger partial charge in [0.1, 0.15) is 5.75 Å². The van der Waals surface area contributed by atoms with Crippen molar-refractivity contribution in [2.24, 2.45) is 0 Å². The average Bonchev–Trinajstić information content (AvgIpc) is 2.93. The quantitative estimate of drug-likeness (QED) is 0.672.